The number of fused-ring (bicyclic) bond motifs is 2. The molecule has 8 heteroatoms. The lowest BCUT2D eigenvalue weighted by Crippen LogP contribution is -2.59. The minimum Gasteiger partial charge on any atom is -0.490 e. The summed E-state index contributed by atoms with van der Waals surface area (Å²) in [6, 6.07) is 15.6. The zero-order chi connectivity index (χ0) is 22.8. The molecule has 3 aliphatic rings. The Labute approximate surface area is 195 Å². The van der Waals surface area contributed by atoms with Crippen molar-refractivity contribution in [3.8, 4) is 16.9 Å². The molecule has 2 aromatic carbocycles. The molecular weight excluding hydrogens is 438 g/mol. The molecule has 0 spiro atoms. The number of ether oxygens (including phenoxy) is 1. The van der Waals surface area contributed by atoms with Gasteiger partial charge in [0.2, 0.25) is 15.9 Å². The molecule has 33 heavy (non-hydrogen) atoms. The van der Waals surface area contributed by atoms with Crippen LogP contribution in [0.5, 0.6) is 5.75 Å². The summed E-state index contributed by atoms with van der Waals surface area (Å²) in [6.45, 7) is 1.87. The second-order valence-corrected chi connectivity index (χ2v) is 11.4. The van der Waals surface area contributed by atoms with Crippen molar-refractivity contribution in [2.75, 3.05) is 38.1 Å². The molecule has 1 saturated heterocycles. The highest BCUT2D eigenvalue weighted by Crippen LogP contribution is 2.33. The maximum atomic E-state index is 13.3. The highest BCUT2D eigenvalue weighted by Gasteiger charge is 2.39. The van der Waals surface area contributed by atoms with Gasteiger partial charge in [0.1, 0.15) is 12.4 Å². The van der Waals surface area contributed by atoms with Crippen molar-refractivity contribution in [1.29, 1.82) is 0 Å². The van der Waals surface area contributed by atoms with Gasteiger partial charge in [-0.25, -0.2) is 8.42 Å². The minimum absolute atomic E-state index is 0.111. The molecule has 1 amide bonds. The lowest BCUT2D eigenvalue weighted by Gasteiger charge is -2.41. The lowest BCUT2D eigenvalue weighted by molar-refractivity contribution is -0.118. The molecule has 2 heterocycles. The molecule has 2 fully saturated rings. The molecule has 1 N–H and O–H groups in total. The average Bonchev–Trinajstić information content (AvgIpc) is 2.91. The van der Waals surface area contributed by atoms with Crippen LogP contribution in [0.15, 0.2) is 48.5 Å². The van der Waals surface area contributed by atoms with Crippen molar-refractivity contribution in [3.05, 3.63) is 48.5 Å². The standard InChI is InChI=1S/C25H31N3O4S/c29-25-17-27-13-14-28(33(30,31)22-9-5-2-6-10-22)16-21(27)18-32-24-12-11-20(15-23(24)26-25)19-7-3-1-4-8-19/h1,3-4,7-8,11-12,15,21-22H,2,5-6,9-10,13-14,16-18H2,(H,26,29)/t21-/m0/s1. The fraction of sp³-hybridized carbons (Fsp3) is 0.480. The van der Waals surface area contributed by atoms with Gasteiger partial charge in [-0.3, -0.25) is 9.69 Å². The summed E-state index contributed by atoms with van der Waals surface area (Å²) in [4.78, 5) is 14.9. The Hall–Kier alpha value is -2.42. The van der Waals surface area contributed by atoms with Gasteiger partial charge in [-0.2, -0.15) is 4.31 Å². The van der Waals surface area contributed by atoms with Crippen molar-refractivity contribution < 1.29 is 17.9 Å². The van der Waals surface area contributed by atoms with Crippen LogP contribution in [0.25, 0.3) is 11.1 Å². The quantitative estimate of drug-likeness (QED) is 0.746. The van der Waals surface area contributed by atoms with E-state index >= 15 is 0 Å². The number of nitrogens with one attached hydrogen (secondary N) is 1. The third-order valence-electron chi connectivity index (χ3n) is 7.04. The van der Waals surface area contributed by atoms with E-state index in [0.29, 0.717) is 37.7 Å². The molecule has 1 saturated carbocycles. The number of anilines is 1. The molecule has 0 radical (unpaired) electrons. The topological polar surface area (TPSA) is 79.0 Å². The number of hydrogen-bond donors (Lipinski definition) is 1. The third kappa shape index (κ3) is 4.78. The zero-order valence-electron chi connectivity index (χ0n) is 18.8. The van der Waals surface area contributed by atoms with Gasteiger partial charge in [0, 0.05) is 19.6 Å². The van der Waals surface area contributed by atoms with Crippen LogP contribution in [0, 0.1) is 0 Å². The van der Waals surface area contributed by atoms with E-state index in [4.69, 9.17) is 4.74 Å². The summed E-state index contributed by atoms with van der Waals surface area (Å²) >= 11 is 0. The Morgan fingerprint density at radius 2 is 1.73 bits per heavy atom. The Morgan fingerprint density at radius 1 is 0.939 bits per heavy atom. The van der Waals surface area contributed by atoms with E-state index < -0.39 is 10.0 Å². The first-order valence-electron chi connectivity index (χ1n) is 11.9. The smallest absolute Gasteiger partial charge is 0.238 e. The van der Waals surface area contributed by atoms with Gasteiger partial charge in [0.25, 0.3) is 0 Å². The maximum absolute atomic E-state index is 13.3. The number of carbonyl (C=O) groups excluding carboxylic acids is 1. The van der Waals surface area contributed by atoms with Gasteiger partial charge in [-0.05, 0) is 36.1 Å². The number of rotatable bonds is 3. The van der Waals surface area contributed by atoms with Crippen LogP contribution >= 0.6 is 0 Å². The van der Waals surface area contributed by atoms with Crippen LogP contribution in [0.3, 0.4) is 0 Å². The van der Waals surface area contributed by atoms with Gasteiger partial charge >= 0.3 is 0 Å². The van der Waals surface area contributed by atoms with E-state index in [1.165, 1.54) is 0 Å². The van der Waals surface area contributed by atoms with Crippen LogP contribution in [-0.4, -0.2) is 67.6 Å². The summed E-state index contributed by atoms with van der Waals surface area (Å²) < 4.78 is 34.3. The van der Waals surface area contributed by atoms with Gasteiger partial charge in [0.15, 0.2) is 0 Å². The van der Waals surface area contributed by atoms with Crippen molar-refractivity contribution in [1.82, 2.24) is 9.21 Å². The molecule has 0 bridgehead atoms. The first kappa shape index (κ1) is 22.4. The molecular formula is C25H31N3O4S. The molecule has 7 nitrogen and oxygen atoms in total. The highest BCUT2D eigenvalue weighted by molar-refractivity contribution is 7.89. The third-order valence-corrected chi connectivity index (χ3v) is 9.40. The number of benzene rings is 2. The van der Waals surface area contributed by atoms with E-state index in [-0.39, 0.29) is 23.7 Å². The summed E-state index contributed by atoms with van der Waals surface area (Å²) in [5.74, 6) is 0.498. The number of carbonyl (C=O) groups is 1. The number of piperazine rings is 1. The lowest BCUT2D eigenvalue weighted by atomic mass is 10.0. The van der Waals surface area contributed by atoms with Gasteiger partial charge in [-0.15, -0.1) is 0 Å². The van der Waals surface area contributed by atoms with Crippen LogP contribution < -0.4 is 10.1 Å². The Bertz CT molecular complexity index is 1100. The molecule has 5 rings (SSSR count). The number of sulfonamides is 1. The number of hydrogen-bond acceptors (Lipinski definition) is 5. The van der Waals surface area contributed by atoms with Crippen LogP contribution in [0.1, 0.15) is 32.1 Å². The summed E-state index contributed by atoms with van der Waals surface area (Å²) in [5, 5.41) is 2.73. The average molecular weight is 470 g/mol. The second-order valence-electron chi connectivity index (χ2n) is 9.22. The first-order chi connectivity index (χ1) is 16.0. The van der Waals surface area contributed by atoms with Crippen molar-refractivity contribution in [3.63, 3.8) is 0 Å². The Balaban J connectivity index is 1.35. The van der Waals surface area contributed by atoms with Crippen LogP contribution in [0.4, 0.5) is 5.69 Å². The second kappa shape index (κ2) is 9.44. The summed E-state index contributed by atoms with van der Waals surface area (Å²) in [5.41, 5.74) is 2.71. The normalized spacial score (nSPS) is 23.3. The minimum atomic E-state index is -3.33. The van der Waals surface area contributed by atoms with Gasteiger partial charge in [-0.1, -0.05) is 55.7 Å². The molecule has 1 atom stereocenters. The SMILES string of the molecule is O=C1CN2CCN(S(=O)(=O)C3CCCCC3)C[C@H]2COc2ccc(-c3ccccc3)cc2N1. The predicted molar refractivity (Wildman–Crippen MR) is 129 cm³/mol. The predicted octanol–water partition coefficient (Wildman–Crippen LogP) is 3.33. The molecule has 2 aliphatic heterocycles. The largest absolute Gasteiger partial charge is 0.490 e. The Morgan fingerprint density at radius 3 is 2.52 bits per heavy atom. The van der Waals surface area contributed by atoms with Gasteiger partial charge in [0.05, 0.1) is 23.5 Å². The van der Waals surface area contributed by atoms with Crippen LogP contribution in [-0.2, 0) is 14.8 Å². The molecule has 176 valence electrons. The fourth-order valence-corrected chi connectivity index (χ4v) is 7.23. The maximum Gasteiger partial charge on any atom is 0.238 e. The zero-order valence-corrected chi connectivity index (χ0v) is 19.6. The summed E-state index contributed by atoms with van der Waals surface area (Å²) in [7, 11) is -3.33. The molecule has 1 aliphatic carbocycles. The van der Waals surface area contributed by atoms with E-state index in [0.717, 1.165) is 43.2 Å². The molecule has 0 aromatic heterocycles. The van der Waals surface area contributed by atoms with Crippen molar-refractivity contribution in [2.24, 2.45) is 0 Å². The fourth-order valence-electron chi connectivity index (χ4n) is 5.16. The van der Waals surface area contributed by atoms with E-state index in [9.17, 15) is 13.2 Å². The summed E-state index contributed by atoms with van der Waals surface area (Å²) in [6.07, 6.45) is 4.60. The van der Waals surface area contributed by atoms with E-state index in [1.807, 2.05) is 53.4 Å². The number of nitrogens with zero attached hydrogens (tertiary/aromatic N) is 2. The van der Waals surface area contributed by atoms with Crippen LogP contribution in [0.2, 0.25) is 0 Å². The van der Waals surface area contributed by atoms with E-state index in [1.54, 1.807) is 4.31 Å². The molecule has 0 unspecified atom stereocenters. The van der Waals surface area contributed by atoms with Crippen molar-refractivity contribution >= 4 is 21.6 Å². The Kier molecular flexibility index (Phi) is 6.40. The van der Waals surface area contributed by atoms with Crippen molar-refractivity contribution in [2.45, 2.75) is 43.4 Å². The first-order valence-corrected chi connectivity index (χ1v) is 13.4. The molecule has 2 aromatic rings. The number of amides is 1. The van der Waals surface area contributed by atoms with E-state index in [2.05, 4.69) is 5.32 Å². The van der Waals surface area contributed by atoms with Gasteiger partial charge < -0.3 is 10.1 Å². The monoisotopic (exact) mass is 469 g/mol. The highest BCUT2D eigenvalue weighted by atomic mass is 32.2.